The minimum absolute atomic E-state index is 0.123. The molecule has 0 atom stereocenters. The molecule has 0 spiro atoms. The van der Waals surface area contributed by atoms with E-state index in [-0.39, 0.29) is 16.6 Å². The van der Waals surface area contributed by atoms with Gasteiger partial charge in [-0.15, -0.1) is 0 Å². The van der Waals surface area contributed by atoms with Crippen LogP contribution in [0.15, 0.2) is 59.7 Å². The van der Waals surface area contributed by atoms with Gasteiger partial charge in [0.1, 0.15) is 6.33 Å². The predicted molar refractivity (Wildman–Crippen MR) is 74.0 cm³/mol. The number of rotatable bonds is 2. The number of aromatic nitrogens is 2. The second-order valence-corrected chi connectivity index (χ2v) is 4.21. The highest BCUT2D eigenvalue weighted by molar-refractivity contribution is 5.80. The first-order valence-electron chi connectivity index (χ1n) is 5.88. The van der Waals surface area contributed by atoms with Crippen molar-refractivity contribution < 1.29 is 4.92 Å². The zero-order valence-corrected chi connectivity index (χ0v) is 10.3. The Morgan fingerprint density at radius 1 is 1.10 bits per heavy atom. The average molecular weight is 267 g/mol. The van der Waals surface area contributed by atoms with Crippen LogP contribution in [0.3, 0.4) is 0 Å². The van der Waals surface area contributed by atoms with E-state index in [0.717, 1.165) is 0 Å². The van der Waals surface area contributed by atoms with Gasteiger partial charge in [-0.2, -0.15) is 0 Å². The second kappa shape index (κ2) is 4.58. The van der Waals surface area contributed by atoms with Crippen molar-refractivity contribution in [2.45, 2.75) is 0 Å². The number of nitro benzene ring substituents is 1. The van der Waals surface area contributed by atoms with Crippen molar-refractivity contribution >= 4 is 16.6 Å². The van der Waals surface area contributed by atoms with E-state index in [4.69, 9.17) is 0 Å². The lowest BCUT2D eigenvalue weighted by atomic mass is 10.2. The van der Waals surface area contributed by atoms with Crippen molar-refractivity contribution in [3.63, 3.8) is 0 Å². The molecule has 0 aliphatic rings. The number of non-ortho nitro benzene ring substituents is 1. The average Bonchev–Trinajstić information content (AvgIpc) is 2.48. The topological polar surface area (TPSA) is 78.0 Å². The fraction of sp³-hybridized carbons (Fsp3) is 0. The summed E-state index contributed by atoms with van der Waals surface area (Å²) in [5.74, 6) is 0. The van der Waals surface area contributed by atoms with Crippen LogP contribution in [-0.2, 0) is 0 Å². The molecular weight excluding hydrogens is 258 g/mol. The van der Waals surface area contributed by atoms with Gasteiger partial charge in [-0.3, -0.25) is 19.5 Å². The maximum absolute atomic E-state index is 12.4. The summed E-state index contributed by atoms with van der Waals surface area (Å²) in [6, 6.07) is 13.1. The Hall–Kier alpha value is -3.02. The Balaban J connectivity index is 2.29. The standard InChI is InChI=1S/C14H9N3O3/c18-14-12-8-11(17(19)20)6-7-13(12)15-9-16(14)10-4-2-1-3-5-10/h1-9H. The minimum atomic E-state index is -0.529. The monoisotopic (exact) mass is 267 g/mol. The molecule has 0 saturated carbocycles. The lowest BCUT2D eigenvalue weighted by Crippen LogP contribution is -2.18. The first kappa shape index (κ1) is 12.0. The van der Waals surface area contributed by atoms with Gasteiger partial charge >= 0.3 is 0 Å². The third kappa shape index (κ3) is 1.93. The summed E-state index contributed by atoms with van der Waals surface area (Å²) in [7, 11) is 0. The molecule has 98 valence electrons. The van der Waals surface area contributed by atoms with Crippen LogP contribution in [0, 0.1) is 10.1 Å². The van der Waals surface area contributed by atoms with Gasteiger partial charge in [0.05, 0.1) is 21.5 Å². The normalized spacial score (nSPS) is 10.6. The van der Waals surface area contributed by atoms with Crippen molar-refractivity contribution in [1.82, 2.24) is 9.55 Å². The van der Waals surface area contributed by atoms with Crippen LogP contribution in [0.4, 0.5) is 5.69 Å². The maximum Gasteiger partial charge on any atom is 0.270 e. The van der Waals surface area contributed by atoms with Gasteiger partial charge in [0, 0.05) is 12.1 Å². The van der Waals surface area contributed by atoms with Crippen LogP contribution in [0.2, 0.25) is 0 Å². The van der Waals surface area contributed by atoms with E-state index < -0.39 is 4.92 Å². The van der Waals surface area contributed by atoms with E-state index in [1.54, 1.807) is 24.3 Å². The number of fused-ring (bicyclic) bond motifs is 1. The molecule has 0 fully saturated rings. The molecule has 6 nitrogen and oxygen atoms in total. The zero-order chi connectivity index (χ0) is 14.1. The number of benzene rings is 2. The maximum atomic E-state index is 12.4. The molecule has 6 heteroatoms. The summed E-state index contributed by atoms with van der Waals surface area (Å²) in [6.45, 7) is 0. The fourth-order valence-electron chi connectivity index (χ4n) is 2.00. The SMILES string of the molecule is O=c1c2cc([N+](=O)[O-])ccc2ncn1-c1ccccc1. The van der Waals surface area contributed by atoms with E-state index in [9.17, 15) is 14.9 Å². The van der Waals surface area contributed by atoms with Crippen LogP contribution in [-0.4, -0.2) is 14.5 Å². The molecule has 0 aliphatic carbocycles. The molecule has 20 heavy (non-hydrogen) atoms. The molecule has 0 aliphatic heterocycles. The molecule has 0 bridgehead atoms. The van der Waals surface area contributed by atoms with Crippen LogP contribution in [0.1, 0.15) is 0 Å². The molecular formula is C14H9N3O3. The van der Waals surface area contributed by atoms with Gasteiger partial charge in [-0.25, -0.2) is 4.98 Å². The Morgan fingerprint density at radius 2 is 1.85 bits per heavy atom. The van der Waals surface area contributed by atoms with E-state index in [0.29, 0.717) is 11.2 Å². The number of nitrogens with zero attached hydrogens (tertiary/aromatic N) is 3. The third-order valence-electron chi connectivity index (χ3n) is 2.99. The van der Waals surface area contributed by atoms with Gasteiger partial charge in [0.25, 0.3) is 11.2 Å². The lowest BCUT2D eigenvalue weighted by molar-refractivity contribution is -0.384. The molecule has 0 radical (unpaired) electrons. The molecule has 0 unspecified atom stereocenters. The molecule has 0 saturated heterocycles. The predicted octanol–water partition coefficient (Wildman–Crippen LogP) is 2.29. The first-order valence-corrected chi connectivity index (χ1v) is 5.88. The number of hydrogen-bond donors (Lipinski definition) is 0. The van der Waals surface area contributed by atoms with Gasteiger partial charge < -0.3 is 0 Å². The summed E-state index contributed by atoms with van der Waals surface area (Å²) in [5.41, 5.74) is 0.651. The van der Waals surface area contributed by atoms with Crippen molar-refractivity contribution in [3.8, 4) is 5.69 Å². The highest BCUT2D eigenvalue weighted by Crippen LogP contribution is 2.17. The van der Waals surface area contributed by atoms with Crippen molar-refractivity contribution in [2.75, 3.05) is 0 Å². The summed E-state index contributed by atoms with van der Waals surface area (Å²) in [6.07, 6.45) is 1.42. The molecule has 0 amide bonds. The zero-order valence-electron chi connectivity index (χ0n) is 10.3. The van der Waals surface area contributed by atoms with Crippen LogP contribution in [0.25, 0.3) is 16.6 Å². The second-order valence-electron chi connectivity index (χ2n) is 4.21. The van der Waals surface area contributed by atoms with Crippen LogP contribution in [0.5, 0.6) is 0 Å². The van der Waals surface area contributed by atoms with Gasteiger partial charge in [-0.1, -0.05) is 18.2 Å². The quantitative estimate of drug-likeness (QED) is 0.527. The Morgan fingerprint density at radius 3 is 2.55 bits per heavy atom. The first-order chi connectivity index (χ1) is 9.66. The van der Waals surface area contributed by atoms with Crippen LogP contribution < -0.4 is 5.56 Å². The molecule has 3 aromatic rings. The molecule has 1 heterocycles. The Bertz CT molecular complexity index is 856. The molecule has 2 aromatic carbocycles. The smallest absolute Gasteiger partial charge is 0.268 e. The summed E-state index contributed by atoms with van der Waals surface area (Å²) in [4.78, 5) is 26.8. The largest absolute Gasteiger partial charge is 0.270 e. The summed E-state index contributed by atoms with van der Waals surface area (Å²) < 4.78 is 1.37. The molecule has 1 aromatic heterocycles. The summed E-state index contributed by atoms with van der Waals surface area (Å²) in [5, 5.41) is 11.0. The highest BCUT2D eigenvalue weighted by atomic mass is 16.6. The minimum Gasteiger partial charge on any atom is -0.268 e. The lowest BCUT2D eigenvalue weighted by Gasteiger charge is -2.06. The van der Waals surface area contributed by atoms with E-state index >= 15 is 0 Å². The van der Waals surface area contributed by atoms with Crippen molar-refractivity contribution in [1.29, 1.82) is 0 Å². The summed E-state index contributed by atoms with van der Waals surface area (Å²) >= 11 is 0. The highest BCUT2D eigenvalue weighted by Gasteiger charge is 2.11. The molecule has 3 rings (SSSR count). The van der Waals surface area contributed by atoms with Gasteiger partial charge in [0.2, 0.25) is 0 Å². The van der Waals surface area contributed by atoms with Crippen molar-refractivity contribution in [3.05, 3.63) is 75.3 Å². The van der Waals surface area contributed by atoms with Gasteiger partial charge in [0.15, 0.2) is 0 Å². The van der Waals surface area contributed by atoms with E-state index in [1.165, 1.54) is 29.1 Å². The molecule has 0 N–H and O–H groups in total. The third-order valence-corrected chi connectivity index (χ3v) is 2.99. The van der Waals surface area contributed by atoms with Crippen LogP contribution >= 0.6 is 0 Å². The fourth-order valence-corrected chi connectivity index (χ4v) is 2.00. The van der Waals surface area contributed by atoms with E-state index in [2.05, 4.69) is 4.98 Å². The number of nitro groups is 1. The Labute approximate surface area is 113 Å². The van der Waals surface area contributed by atoms with E-state index in [1.807, 2.05) is 6.07 Å². The Kier molecular flexibility index (Phi) is 2.76. The van der Waals surface area contributed by atoms with Crippen molar-refractivity contribution in [2.24, 2.45) is 0 Å². The van der Waals surface area contributed by atoms with Gasteiger partial charge in [-0.05, 0) is 18.2 Å². The number of para-hydroxylation sites is 1. The number of hydrogen-bond acceptors (Lipinski definition) is 4.